The van der Waals surface area contributed by atoms with Gasteiger partial charge < -0.3 is 20.5 Å². The highest BCUT2D eigenvalue weighted by atomic mass is 32.2. The first-order chi connectivity index (χ1) is 14.9. The van der Waals surface area contributed by atoms with Gasteiger partial charge in [0.2, 0.25) is 15.0 Å². The Labute approximate surface area is 186 Å². The van der Waals surface area contributed by atoms with E-state index in [0.717, 1.165) is 22.8 Å². The molecule has 31 heavy (non-hydrogen) atoms. The molecule has 0 aliphatic heterocycles. The lowest BCUT2D eigenvalue weighted by Crippen LogP contribution is -2.45. The standard InChI is InChI=1S/C21H26N4O4S2/c1-4-18(22)20(31(26,27)17-10-8-15(28-2)9-11-17)24-21-23-19(25-30-21)13-14-6-5-7-16(12-14)29-3/h5-12,18,20H,4,13,22H2,1-3H3,(H,23,24,25). The van der Waals surface area contributed by atoms with Gasteiger partial charge in [-0.2, -0.15) is 4.37 Å². The number of nitrogens with one attached hydrogen (secondary N) is 1. The predicted octanol–water partition coefficient (Wildman–Crippen LogP) is 3.10. The van der Waals surface area contributed by atoms with Crippen LogP contribution in [0.25, 0.3) is 0 Å². The fourth-order valence-corrected chi connectivity index (χ4v) is 5.44. The molecule has 0 fully saturated rings. The molecule has 3 rings (SSSR count). The fraction of sp³-hybridized carbons (Fsp3) is 0.333. The molecule has 1 aromatic heterocycles. The number of methoxy groups -OCH3 is 2. The van der Waals surface area contributed by atoms with Crippen LogP contribution in [0.4, 0.5) is 5.13 Å². The molecule has 0 radical (unpaired) electrons. The van der Waals surface area contributed by atoms with E-state index >= 15 is 0 Å². The van der Waals surface area contributed by atoms with Crippen molar-refractivity contribution in [2.24, 2.45) is 5.73 Å². The van der Waals surface area contributed by atoms with Crippen LogP contribution in [0, 0.1) is 0 Å². The zero-order chi connectivity index (χ0) is 22.4. The molecule has 10 heteroatoms. The summed E-state index contributed by atoms with van der Waals surface area (Å²) < 4.78 is 41.2. The van der Waals surface area contributed by atoms with Crippen molar-refractivity contribution in [2.75, 3.05) is 19.5 Å². The molecule has 1 heterocycles. The number of nitrogens with zero attached hydrogens (tertiary/aromatic N) is 2. The Kier molecular flexibility index (Phi) is 7.47. The van der Waals surface area contributed by atoms with Gasteiger partial charge in [-0.1, -0.05) is 19.1 Å². The van der Waals surface area contributed by atoms with Gasteiger partial charge in [-0.3, -0.25) is 0 Å². The molecule has 2 unspecified atom stereocenters. The van der Waals surface area contributed by atoms with E-state index in [1.165, 1.54) is 19.2 Å². The van der Waals surface area contributed by atoms with E-state index in [0.29, 0.717) is 29.5 Å². The van der Waals surface area contributed by atoms with Crippen LogP contribution in [-0.2, 0) is 16.3 Å². The minimum absolute atomic E-state index is 0.163. The van der Waals surface area contributed by atoms with Gasteiger partial charge in [0.05, 0.1) is 19.1 Å². The average molecular weight is 463 g/mol. The maximum Gasteiger partial charge on any atom is 0.203 e. The highest BCUT2D eigenvalue weighted by Gasteiger charge is 2.33. The van der Waals surface area contributed by atoms with E-state index in [2.05, 4.69) is 14.7 Å². The number of hydrogen-bond donors (Lipinski definition) is 2. The van der Waals surface area contributed by atoms with Gasteiger partial charge in [-0.15, -0.1) is 0 Å². The van der Waals surface area contributed by atoms with Gasteiger partial charge in [0, 0.05) is 24.0 Å². The summed E-state index contributed by atoms with van der Waals surface area (Å²) in [6.07, 6.45) is 0.980. The summed E-state index contributed by atoms with van der Waals surface area (Å²) >= 11 is 1.11. The Morgan fingerprint density at radius 1 is 1.10 bits per heavy atom. The molecule has 0 bridgehead atoms. The molecule has 8 nitrogen and oxygen atoms in total. The van der Waals surface area contributed by atoms with Crippen molar-refractivity contribution in [2.45, 2.75) is 36.1 Å². The quantitative estimate of drug-likeness (QED) is 0.472. The summed E-state index contributed by atoms with van der Waals surface area (Å²) in [7, 11) is -0.623. The first-order valence-electron chi connectivity index (χ1n) is 9.73. The monoisotopic (exact) mass is 462 g/mol. The second-order valence-corrected chi connectivity index (χ2v) is 9.72. The van der Waals surface area contributed by atoms with Crippen LogP contribution in [0.3, 0.4) is 0 Å². The maximum atomic E-state index is 13.3. The third-order valence-corrected chi connectivity index (χ3v) is 7.56. The molecule has 2 aromatic carbocycles. The van der Waals surface area contributed by atoms with Gasteiger partial charge in [-0.05, 0) is 48.4 Å². The number of nitrogens with two attached hydrogens (primary N) is 1. The van der Waals surface area contributed by atoms with Crippen molar-refractivity contribution in [3.8, 4) is 11.5 Å². The summed E-state index contributed by atoms with van der Waals surface area (Å²) in [5, 5.41) is 2.37. The van der Waals surface area contributed by atoms with E-state index in [1.807, 2.05) is 31.2 Å². The van der Waals surface area contributed by atoms with Gasteiger partial charge in [-0.25, -0.2) is 13.4 Å². The van der Waals surface area contributed by atoms with Crippen LogP contribution in [0.2, 0.25) is 0 Å². The van der Waals surface area contributed by atoms with Crippen molar-refractivity contribution < 1.29 is 17.9 Å². The predicted molar refractivity (Wildman–Crippen MR) is 122 cm³/mol. The summed E-state index contributed by atoms with van der Waals surface area (Å²) in [6.45, 7) is 1.84. The molecule has 0 amide bonds. The van der Waals surface area contributed by atoms with Crippen molar-refractivity contribution in [1.29, 1.82) is 0 Å². The summed E-state index contributed by atoms with van der Waals surface area (Å²) in [5.41, 5.74) is 7.18. The first kappa shape index (κ1) is 23.0. The zero-order valence-corrected chi connectivity index (χ0v) is 19.2. The number of benzene rings is 2. The lowest BCUT2D eigenvalue weighted by molar-refractivity contribution is 0.414. The Morgan fingerprint density at radius 2 is 1.81 bits per heavy atom. The molecule has 0 spiro atoms. The maximum absolute atomic E-state index is 13.3. The van der Waals surface area contributed by atoms with Crippen LogP contribution < -0.4 is 20.5 Å². The van der Waals surface area contributed by atoms with E-state index in [-0.39, 0.29) is 4.90 Å². The summed E-state index contributed by atoms with van der Waals surface area (Å²) in [6, 6.07) is 13.3. The lowest BCUT2D eigenvalue weighted by atomic mass is 10.1. The number of ether oxygens (including phenoxy) is 2. The SMILES string of the molecule is CCC(N)C(Nc1nc(Cc2cccc(OC)c2)ns1)S(=O)(=O)c1ccc(OC)cc1. The number of hydrogen-bond acceptors (Lipinski definition) is 9. The minimum Gasteiger partial charge on any atom is -0.497 e. The van der Waals surface area contributed by atoms with E-state index in [4.69, 9.17) is 15.2 Å². The number of aromatic nitrogens is 2. The van der Waals surface area contributed by atoms with Crippen LogP contribution in [0.1, 0.15) is 24.7 Å². The second-order valence-electron chi connectivity index (χ2n) is 6.90. The van der Waals surface area contributed by atoms with Crippen LogP contribution in [-0.4, -0.2) is 43.4 Å². The van der Waals surface area contributed by atoms with Crippen molar-refractivity contribution >= 4 is 26.5 Å². The molecular weight excluding hydrogens is 436 g/mol. The number of anilines is 1. The molecule has 3 N–H and O–H groups in total. The van der Waals surface area contributed by atoms with Crippen LogP contribution in [0.15, 0.2) is 53.4 Å². The minimum atomic E-state index is -3.76. The van der Waals surface area contributed by atoms with Gasteiger partial charge >= 0.3 is 0 Å². The Morgan fingerprint density at radius 3 is 2.45 bits per heavy atom. The highest BCUT2D eigenvalue weighted by Crippen LogP contribution is 2.25. The zero-order valence-electron chi connectivity index (χ0n) is 17.6. The van der Waals surface area contributed by atoms with E-state index in [1.54, 1.807) is 19.2 Å². The van der Waals surface area contributed by atoms with Crippen molar-refractivity contribution in [3.63, 3.8) is 0 Å². The smallest absolute Gasteiger partial charge is 0.203 e. The molecule has 166 valence electrons. The third kappa shape index (κ3) is 5.52. The highest BCUT2D eigenvalue weighted by molar-refractivity contribution is 7.92. The normalized spacial score (nSPS) is 13.4. The second kappa shape index (κ2) is 10.1. The molecule has 2 atom stereocenters. The van der Waals surface area contributed by atoms with Crippen molar-refractivity contribution in [1.82, 2.24) is 9.36 Å². The molecule has 0 aliphatic carbocycles. The molecule has 0 saturated carbocycles. The molecular formula is C21H26N4O4S2. The summed E-state index contributed by atoms with van der Waals surface area (Å²) in [5.74, 6) is 1.92. The summed E-state index contributed by atoms with van der Waals surface area (Å²) in [4.78, 5) is 4.63. The van der Waals surface area contributed by atoms with Gasteiger partial charge in [0.25, 0.3) is 0 Å². The van der Waals surface area contributed by atoms with E-state index < -0.39 is 21.3 Å². The first-order valence-corrected chi connectivity index (χ1v) is 12.0. The Hall–Kier alpha value is -2.69. The molecule has 0 aliphatic rings. The Balaban J connectivity index is 1.81. The van der Waals surface area contributed by atoms with E-state index in [9.17, 15) is 8.42 Å². The van der Waals surface area contributed by atoms with Crippen LogP contribution in [0.5, 0.6) is 11.5 Å². The Bertz CT molecular complexity index is 1100. The largest absolute Gasteiger partial charge is 0.497 e. The van der Waals surface area contributed by atoms with Gasteiger partial charge in [0.1, 0.15) is 17.3 Å². The van der Waals surface area contributed by atoms with Gasteiger partial charge in [0.15, 0.2) is 5.37 Å². The third-order valence-electron chi connectivity index (χ3n) is 4.81. The number of rotatable bonds is 10. The van der Waals surface area contributed by atoms with Crippen LogP contribution >= 0.6 is 11.5 Å². The topological polar surface area (TPSA) is 116 Å². The molecule has 3 aromatic rings. The average Bonchev–Trinajstić information content (AvgIpc) is 3.23. The fourth-order valence-electron chi connectivity index (χ4n) is 3.01. The number of sulfone groups is 1. The molecule has 0 saturated heterocycles. The lowest BCUT2D eigenvalue weighted by Gasteiger charge is -2.24. The van der Waals surface area contributed by atoms with Crippen molar-refractivity contribution in [3.05, 3.63) is 59.9 Å².